The molecule has 8 heteroatoms. The molecule has 1 aromatic heterocycles. The molecule has 1 saturated heterocycles. The molecule has 2 heterocycles. The molecule has 0 unspecified atom stereocenters. The lowest BCUT2D eigenvalue weighted by Crippen LogP contribution is -2.40. The van der Waals surface area contributed by atoms with Crippen molar-refractivity contribution in [2.45, 2.75) is 32.8 Å². The highest BCUT2D eigenvalue weighted by atomic mass is 35.5. The van der Waals surface area contributed by atoms with E-state index in [9.17, 15) is 9.59 Å². The summed E-state index contributed by atoms with van der Waals surface area (Å²) in [7, 11) is 0. The molecule has 0 radical (unpaired) electrons. The lowest BCUT2D eigenvalue weighted by molar-refractivity contribution is 0.0255. The van der Waals surface area contributed by atoms with E-state index in [4.69, 9.17) is 16.3 Å². The van der Waals surface area contributed by atoms with E-state index in [2.05, 4.69) is 9.97 Å². The van der Waals surface area contributed by atoms with Crippen molar-refractivity contribution >= 4 is 23.6 Å². The Bertz CT molecular complexity index is 571. The fourth-order valence-corrected chi connectivity index (χ4v) is 2.33. The van der Waals surface area contributed by atoms with Crippen molar-refractivity contribution in [3.8, 4) is 0 Å². The average Bonchev–Trinajstić information content (AvgIpc) is 2.71. The van der Waals surface area contributed by atoms with Crippen LogP contribution in [0.2, 0.25) is 5.28 Å². The van der Waals surface area contributed by atoms with E-state index in [1.165, 1.54) is 12.4 Å². The van der Waals surface area contributed by atoms with Gasteiger partial charge in [-0.3, -0.25) is 4.79 Å². The van der Waals surface area contributed by atoms with Gasteiger partial charge in [0.15, 0.2) is 0 Å². The second kappa shape index (κ2) is 7.12. The number of aromatic nitrogens is 2. The first kappa shape index (κ1) is 17.5. The Kier molecular flexibility index (Phi) is 5.41. The van der Waals surface area contributed by atoms with Crippen molar-refractivity contribution in [2.24, 2.45) is 0 Å². The molecular formula is C15H21ClN4O3. The van der Waals surface area contributed by atoms with E-state index in [0.29, 0.717) is 38.2 Å². The Hall–Kier alpha value is -1.89. The number of ether oxygens (including phenoxy) is 1. The molecule has 0 aromatic carbocycles. The smallest absolute Gasteiger partial charge is 0.410 e. The minimum Gasteiger partial charge on any atom is -0.444 e. The number of amides is 2. The van der Waals surface area contributed by atoms with Crippen molar-refractivity contribution in [1.82, 2.24) is 19.8 Å². The lowest BCUT2D eigenvalue weighted by atomic mass is 10.2. The molecule has 126 valence electrons. The number of carbonyl (C=O) groups is 2. The van der Waals surface area contributed by atoms with Gasteiger partial charge in [-0.15, -0.1) is 0 Å². The zero-order valence-electron chi connectivity index (χ0n) is 13.6. The largest absolute Gasteiger partial charge is 0.444 e. The fourth-order valence-electron chi connectivity index (χ4n) is 2.23. The van der Waals surface area contributed by atoms with Crippen LogP contribution in [0.5, 0.6) is 0 Å². The molecule has 0 N–H and O–H groups in total. The molecule has 1 fully saturated rings. The predicted molar refractivity (Wildman–Crippen MR) is 85.4 cm³/mol. The number of rotatable bonds is 1. The maximum atomic E-state index is 12.4. The highest BCUT2D eigenvalue weighted by Crippen LogP contribution is 2.13. The zero-order valence-corrected chi connectivity index (χ0v) is 14.3. The molecule has 0 atom stereocenters. The molecule has 0 spiro atoms. The van der Waals surface area contributed by atoms with Gasteiger partial charge in [-0.25, -0.2) is 14.8 Å². The standard InChI is InChI=1S/C15H21ClN4O3/c1-15(2,3)23-14(22)20-6-4-5-19(7-8-20)12(21)11-9-17-13(16)18-10-11/h9-10H,4-8H2,1-3H3. The fraction of sp³-hybridized carbons (Fsp3) is 0.600. The van der Waals surface area contributed by atoms with Gasteiger partial charge in [0, 0.05) is 38.6 Å². The molecule has 2 amide bonds. The Morgan fingerprint density at radius 1 is 1.09 bits per heavy atom. The zero-order chi connectivity index (χ0) is 17.0. The second-order valence-electron chi connectivity index (χ2n) is 6.35. The van der Waals surface area contributed by atoms with E-state index in [1.807, 2.05) is 20.8 Å². The van der Waals surface area contributed by atoms with Crippen molar-refractivity contribution < 1.29 is 14.3 Å². The predicted octanol–water partition coefficient (Wildman–Crippen LogP) is 2.21. The van der Waals surface area contributed by atoms with Crippen LogP contribution in [0.15, 0.2) is 12.4 Å². The van der Waals surface area contributed by atoms with Gasteiger partial charge >= 0.3 is 6.09 Å². The van der Waals surface area contributed by atoms with Crippen molar-refractivity contribution in [3.05, 3.63) is 23.2 Å². The van der Waals surface area contributed by atoms with Gasteiger partial charge in [-0.05, 0) is 38.8 Å². The molecule has 0 saturated carbocycles. The molecule has 23 heavy (non-hydrogen) atoms. The first-order chi connectivity index (χ1) is 10.8. The maximum absolute atomic E-state index is 12.4. The summed E-state index contributed by atoms with van der Waals surface area (Å²) in [6.45, 7) is 7.52. The third kappa shape index (κ3) is 5.06. The molecule has 1 aliphatic heterocycles. The average molecular weight is 341 g/mol. The third-order valence-corrected chi connectivity index (χ3v) is 3.50. The normalized spacial score (nSPS) is 16.0. The maximum Gasteiger partial charge on any atom is 0.410 e. The molecule has 7 nitrogen and oxygen atoms in total. The summed E-state index contributed by atoms with van der Waals surface area (Å²) >= 11 is 5.63. The van der Waals surface area contributed by atoms with Gasteiger partial charge in [0.1, 0.15) is 5.60 Å². The molecule has 1 aromatic rings. The van der Waals surface area contributed by atoms with E-state index in [-0.39, 0.29) is 17.3 Å². The minimum atomic E-state index is -0.528. The summed E-state index contributed by atoms with van der Waals surface area (Å²) in [5.41, 5.74) is -0.139. The van der Waals surface area contributed by atoms with Gasteiger partial charge in [0.25, 0.3) is 5.91 Å². The Balaban J connectivity index is 1.97. The van der Waals surface area contributed by atoms with Crippen LogP contribution in [0.25, 0.3) is 0 Å². The number of nitrogens with zero attached hydrogens (tertiary/aromatic N) is 4. The highest BCUT2D eigenvalue weighted by Gasteiger charge is 2.26. The molecular weight excluding hydrogens is 320 g/mol. The van der Waals surface area contributed by atoms with Crippen molar-refractivity contribution in [1.29, 1.82) is 0 Å². The highest BCUT2D eigenvalue weighted by molar-refractivity contribution is 6.28. The Morgan fingerprint density at radius 3 is 2.26 bits per heavy atom. The number of hydrogen-bond acceptors (Lipinski definition) is 5. The van der Waals surface area contributed by atoms with Crippen LogP contribution in [0.4, 0.5) is 4.79 Å². The molecule has 1 aliphatic rings. The minimum absolute atomic E-state index is 0.105. The first-order valence-electron chi connectivity index (χ1n) is 7.51. The number of halogens is 1. The third-order valence-electron chi connectivity index (χ3n) is 3.30. The lowest BCUT2D eigenvalue weighted by Gasteiger charge is -2.26. The SMILES string of the molecule is CC(C)(C)OC(=O)N1CCCN(C(=O)c2cnc(Cl)nc2)CC1. The van der Waals surface area contributed by atoms with Crippen LogP contribution in [-0.2, 0) is 4.74 Å². The topological polar surface area (TPSA) is 75.6 Å². The van der Waals surface area contributed by atoms with E-state index in [0.717, 1.165) is 0 Å². The monoisotopic (exact) mass is 340 g/mol. The quantitative estimate of drug-likeness (QED) is 0.733. The van der Waals surface area contributed by atoms with Crippen LogP contribution in [0, 0.1) is 0 Å². The summed E-state index contributed by atoms with van der Waals surface area (Å²) in [5.74, 6) is -0.160. The van der Waals surface area contributed by atoms with E-state index < -0.39 is 5.60 Å². The Morgan fingerprint density at radius 2 is 1.65 bits per heavy atom. The summed E-state index contributed by atoms with van der Waals surface area (Å²) in [6, 6.07) is 0. The van der Waals surface area contributed by atoms with Crippen LogP contribution in [0.3, 0.4) is 0 Å². The van der Waals surface area contributed by atoms with Crippen LogP contribution in [-0.4, -0.2) is 63.5 Å². The second-order valence-corrected chi connectivity index (χ2v) is 6.69. The molecule has 0 aliphatic carbocycles. The molecule has 0 bridgehead atoms. The van der Waals surface area contributed by atoms with E-state index in [1.54, 1.807) is 9.80 Å². The first-order valence-corrected chi connectivity index (χ1v) is 7.89. The van der Waals surface area contributed by atoms with Gasteiger partial charge in [0.05, 0.1) is 5.56 Å². The van der Waals surface area contributed by atoms with E-state index >= 15 is 0 Å². The van der Waals surface area contributed by atoms with Gasteiger partial charge in [0.2, 0.25) is 5.28 Å². The van der Waals surface area contributed by atoms with Crippen LogP contribution >= 0.6 is 11.6 Å². The summed E-state index contributed by atoms with van der Waals surface area (Å²) in [6.07, 6.45) is 3.17. The van der Waals surface area contributed by atoms with Gasteiger partial charge in [-0.2, -0.15) is 0 Å². The number of carbonyl (C=O) groups excluding carboxylic acids is 2. The summed E-state index contributed by atoms with van der Waals surface area (Å²) in [4.78, 5) is 35.5. The molecule has 2 rings (SSSR count). The van der Waals surface area contributed by atoms with Gasteiger partial charge < -0.3 is 14.5 Å². The number of hydrogen-bond donors (Lipinski definition) is 0. The van der Waals surface area contributed by atoms with Crippen LogP contribution < -0.4 is 0 Å². The Labute approximate surface area is 140 Å². The van der Waals surface area contributed by atoms with Gasteiger partial charge in [-0.1, -0.05) is 0 Å². The van der Waals surface area contributed by atoms with Crippen molar-refractivity contribution in [2.75, 3.05) is 26.2 Å². The summed E-state index contributed by atoms with van der Waals surface area (Å²) in [5, 5.41) is 0.105. The van der Waals surface area contributed by atoms with Crippen molar-refractivity contribution in [3.63, 3.8) is 0 Å². The summed E-state index contributed by atoms with van der Waals surface area (Å²) < 4.78 is 5.38. The van der Waals surface area contributed by atoms with Crippen LogP contribution in [0.1, 0.15) is 37.6 Å².